The normalized spacial score (nSPS) is 9.73. The summed E-state index contributed by atoms with van der Waals surface area (Å²) >= 11 is 0. The molecule has 4 heteroatoms. The summed E-state index contributed by atoms with van der Waals surface area (Å²) in [6.45, 7) is 2.56. The van der Waals surface area contributed by atoms with E-state index in [2.05, 4.69) is 0 Å². The molecule has 0 heterocycles. The van der Waals surface area contributed by atoms with E-state index in [-0.39, 0.29) is 5.56 Å². The first-order chi connectivity index (χ1) is 7.19. The summed E-state index contributed by atoms with van der Waals surface area (Å²) in [4.78, 5) is 10.9. The van der Waals surface area contributed by atoms with Crippen LogP contribution in [0.25, 0.3) is 0 Å². The van der Waals surface area contributed by atoms with E-state index in [1.54, 1.807) is 12.1 Å². The maximum absolute atomic E-state index is 10.9. The predicted molar refractivity (Wildman–Crippen MR) is 55.7 cm³/mol. The Morgan fingerprint density at radius 2 is 2.20 bits per heavy atom. The first kappa shape index (κ1) is 11.4. The van der Waals surface area contributed by atoms with E-state index in [1.165, 1.54) is 13.2 Å². The van der Waals surface area contributed by atoms with Crippen LogP contribution in [0.15, 0.2) is 18.2 Å². The van der Waals surface area contributed by atoms with Gasteiger partial charge in [0.25, 0.3) is 0 Å². The number of aromatic carboxylic acids is 1. The molecule has 0 saturated carbocycles. The molecule has 1 rings (SSSR count). The van der Waals surface area contributed by atoms with Gasteiger partial charge in [-0.1, -0.05) is 6.92 Å². The molecule has 0 aliphatic heterocycles. The molecule has 0 saturated heterocycles. The number of benzene rings is 1. The zero-order valence-corrected chi connectivity index (χ0v) is 8.82. The summed E-state index contributed by atoms with van der Waals surface area (Å²) in [7, 11) is 1.44. The van der Waals surface area contributed by atoms with Crippen molar-refractivity contribution in [1.82, 2.24) is 0 Å². The number of methoxy groups -OCH3 is 1. The molecule has 0 bridgehead atoms. The molecule has 1 N–H and O–H groups in total. The summed E-state index contributed by atoms with van der Waals surface area (Å²) in [6.07, 6.45) is 0.883. The maximum Gasteiger partial charge on any atom is 0.339 e. The van der Waals surface area contributed by atoms with Crippen LogP contribution < -0.4 is 9.47 Å². The Labute approximate surface area is 88.4 Å². The van der Waals surface area contributed by atoms with Gasteiger partial charge in [-0.3, -0.25) is 0 Å². The molecule has 0 aromatic heterocycles. The SMILES string of the molecule is CCCOc1ccc(OC)c(C(=O)O)c1. The van der Waals surface area contributed by atoms with E-state index in [9.17, 15) is 4.79 Å². The molecule has 0 spiro atoms. The number of carboxylic acids is 1. The molecule has 0 amide bonds. The number of carboxylic acid groups (broad SMARTS) is 1. The van der Waals surface area contributed by atoms with Crippen molar-refractivity contribution in [3.63, 3.8) is 0 Å². The predicted octanol–water partition coefficient (Wildman–Crippen LogP) is 2.18. The second-order valence-electron chi connectivity index (χ2n) is 3.02. The maximum atomic E-state index is 10.9. The third kappa shape index (κ3) is 2.87. The van der Waals surface area contributed by atoms with Crippen LogP contribution in [-0.2, 0) is 0 Å². The minimum atomic E-state index is -1.02. The summed E-state index contributed by atoms with van der Waals surface area (Å²) in [5.41, 5.74) is 0.117. The monoisotopic (exact) mass is 210 g/mol. The van der Waals surface area contributed by atoms with Crippen LogP contribution in [0.4, 0.5) is 0 Å². The second-order valence-corrected chi connectivity index (χ2v) is 3.02. The lowest BCUT2D eigenvalue weighted by molar-refractivity contribution is 0.0692. The lowest BCUT2D eigenvalue weighted by Gasteiger charge is -2.08. The van der Waals surface area contributed by atoms with Crippen molar-refractivity contribution >= 4 is 5.97 Å². The third-order valence-corrected chi connectivity index (χ3v) is 1.87. The quantitative estimate of drug-likeness (QED) is 0.809. The topological polar surface area (TPSA) is 55.8 Å². The zero-order valence-electron chi connectivity index (χ0n) is 8.82. The van der Waals surface area contributed by atoms with Crippen LogP contribution in [0.3, 0.4) is 0 Å². The number of ether oxygens (including phenoxy) is 2. The van der Waals surface area contributed by atoms with Crippen LogP contribution in [-0.4, -0.2) is 24.8 Å². The lowest BCUT2D eigenvalue weighted by Crippen LogP contribution is -2.02. The van der Waals surface area contributed by atoms with Gasteiger partial charge in [0, 0.05) is 0 Å². The molecule has 82 valence electrons. The fourth-order valence-electron chi connectivity index (χ4n) is 1.16. The molecular formula is C11H14O4. The largest absolute Gasteiger partial charge is 0.496 e. The van der Waals surface area contributed by atoms with Gasteiger partial charge in [-0.2, -0.15) is 0 Å². The highest BCUT2D eigenvalue weighted by Crippen LogP contribution is 2.24. The van der Waals surface area contributed by atoms with Crippen LogP contribution in [0, 0.1) is 0 Å². The highest BCUT2D eigenvalue weighted by molar-refractivity contribution is 5.91. The Hall–Kier alpha value is -1.71. The van der Waals surface area contributed by atoms with Crippen molar-refractivity contribution < 1.29 is 19.4 Å². The number of rotatable bonds is 5. The summed E-state index contributed by atoms with van der Waals surface area (Å²) in [6, 6.07) is 4.76. The van der Waals surface area contributed by atoms with Gasteiger partial charge >= 0.3 is 5.97 Å². The van der Waals surface area contributed by atoms with Crippen molar-refractivity contribution in [2.24, 2.45) is 0 Å². The van der Waals surface area contributed by atoms with Gasteiger partial charge < -0.3 is 14.6 Å². The van der Waals surface area contributed by atoms with Gasteiger partial charge in [0.15, 0.2) is 0 Å². The summed E-state index contributed by atoms with van der Waals surface area (Å²) < 4.78 is 10.3. The summed E-state index contributed by atoms with van der Waals surface area (Å²) in [5, 5.41) is 8.91. The van der Waals surface area contributed by atoms with Crippen molar-refractivity contribution in [3.05, 3.63) is 23.8 Å². The average molecular weight is 210 g/mol. The molecule has 0 aliphatic rings. The molecule has 0 radical (unpaired) electrons. The van der Waals surface area contributed by atoms with Gasteiger partial charge in [0.05, 0.1) is 13.7 Å². The molecule has 1 aromatic carbocycles. The third-order valence-electron chi connectivity index (χ3n) is 1.87. The van der Waals surface area contributed by atoms with Gasteiger partial charge in [0.1, 0.15) is 17.1 Å². The number of hydrogen-bond acceptors (Lipinski definition) is 3. The van der Waals surface area contributed by atoms with Crippen LogP contribution in [0.5, 0.6) is 11.5 Å². The smallest absolute Gasteiger partial charge is 0.339 e. The standard InChI is InChI=1S/C11H14O4/c1-3-6-15-8-4-5-10(14-2)9(7-8)11(12)13/h4-5,7H,3,6H2,1-2H3,(H,12,13). The Balaban J connectivity index is 2.94. The van der Waals surface area contributed by atoms with Crippen LogP contribution in [0.2, 0.25) is 0 Å². The van der Waals surface area contributed by atoms with E-state index >= 15 is 0 Å². The van der Waals surface area contributed by atoms with Crippen molar-refractivity contribution in [1.29, 1.82) is 0 Å². The Bertz CT molecular complexity index is 346. The Morgan fingerprint density at radius 3 is 2.73 bits per heavy atom. The first-order valence-electron chi connectivity index (χ1n) is 4.73. The highest BCUT2D eigenvalue weighted by Gasteiger charge is 2.11. The fourth-order valence-corrected chi connectivity index (χ4v) is 1.16. The Morgan fingerprint density at radius 1 is 1.47 bits per heavy atom. The van der Waals surface area contributed by atoms with E-state index in [0.717, 1.165) is 6.42 Å². The second kappa shape index (κ2) is 5.24. The molecule has 0 atom stereocenters. The van der Waals surface area contributed by atoms with Gasteiger partial charge in [-0.15, -0.1) is 0 Å². The van der Waals surface area contributed by atoms with Crippen LogP contribution in [0.1, 0.15) is 23.7 Å². The van der Waals surface area contributed by atoms with Crippen molar-refractivity contribution in [3.8, 4) is 11.5 Å². The fraction of sp³-hybridized carbons (Fsp3) is 0.364. The van der Waals surface area contributed by atoms with E-state index in [1.807, 2.05) is 6.92 Å². The van der Waals surface area contributed by atoms with Crippen LogP contribution >= 0.6 is 0 Å². The number of carbonyl (C=O) groups is 1. The molecule has 15 heavy (non-hydrogen) atoms. The molecule has 0 aliphatic carbocycles. The van der Waals surface area contributed by atoms with Gasteiger partial charge in [-0.05, 0) is 24.6 Å². The lowest BCUT2D eigenvalue weighted by atomic mass is 10.2. The zero-order chi connectivity index (χ0) is 11.3. The van der Waals surface area contributed by atoms with Gasteiger partial charge in [-0.25, -0.2) is 4.79 Å². The molecule has 0 fully saturated rings. The molecule has 0 unspecified atom stereocenters. The van der Waals surface area contributed by atoms with E-state index in [0.29, 0.717) is 18.1 Å². The van der Waals surface area contributed by atoms with Crippen molar-refractivity contribution in [2.75, 3.05) is 13.7 Å². The van der Waals surface area contributed by atoms with E-state index < -0.39 is 5.97 Å². The average Bonchev–Trinajstić information content (AvgIpc) is 2.25. The molecular weight excluding hydrogens is 196 g/mol. The summed E-state index contributed by atoms with van der Waals surface area (Å²) in [5.74, 6) is -0.129. The highest BCUT2D eigenvalue weighted by atomic mass is 16.5. The van der Waals surface area contributed by atoms with Gasteiger partial charge in [0.2, 0.25) is 0 Å². The minimum absolute atomic E-state index is 0.117. The number of hydrogen-bond donors (Lipinski definition) is 1. The molecule has 4 nitrogen and oxygen atoms in total. The minimum Gasteiger partial charge on any atom is -0.496 e. The Kier molecular flexibility index (Phi) is 3.97. The molecule has 1 aromatic rings. The van der Waals surface area contributed by atoms with E-state index in [4.69, 9.17) is 14.6 Å². The first-order valence-corrected chi connectivity index (χ1v) is 4.73. The van der Waals surface area contributed by atoms with Crippen molar-refractivity contribution in [2.45, 2.75) is 13.3 Å².